The second kappa shape index (κ2) is 9.60. The summed E-state index contributed by atoms with van der Waals surface area (Å²) < 4.78 is 47.1. The van der Waals surface area contributed by atoms with Crippen LogP contribution in [0.2, 0.25) is 0 Å². The molecule has 2 aliphatic heterocycles. The van der Waals surface area contributed by atoms with Gasteiger partial charge in [-0.3, -0.25) is 9.20 Å². The number of piperidine rings is 1. The third-order valence-corrected chi connectivity index (χ3v) is 8.01. The molecule has 4 heterocycles. The number of carbonyl (C=O) groups excluding carboxylic acids is 1. The number of aliphatic hydroxyl groups is 1. The number of aromatic nitrogens is 3. The van der Waals surface area contributed by atoms with Crippen LogP contribution in [-0.2, 0) is 21.3 Å². The fourth-order valence-electron chi connectivity index (χ4n) is 5.78. The normalized spacial score (nSPS) is 21.3. The van der Waals surface area contributed by atoms with Crippen LogP contribution in [0, 0.1) is 0 Å². The SMILES string of the molecule is CC(O)(c1ccc(-c2nc([C@H]3CC[C@@H]4COCC(=O)N4C3)n3ccnc(N)c23)cc1)c1cccc(C(F)(F)F)c1. The van der Waals surface area contributed by atoms with E-state index in [4.69, 9.17) is 15.5 Å². The molecule has 40 heavy (non-hydrogen) atoms. The molecule has 3 atom stereocenters. The van der Waals surface area contributed by atoms with E-state index in [1.807, 2.05) is 9.30 Å². The number of nitrogen functional groups attached to an aromatic ring is 1. The minimum atomic E-state index is -4.52. The highest BCUT2D eigenvalue weighted by Crippen LogP contribution is 2.38. The lowest BCUT2D eigenvalue weighted by atomic mass is 9.87. The van der Waals surface area contributed by atoms with Crippen LogP contribution in [0.25, 0.3) is 16.8 Å². The third kappa shape index (κ3) is 4.48. The van der Waals surface area contributed by atoms with Gasteiger partial charge in [0.2, 0.25) is 5.91 Å². The zero-order valence-corrected chi connectivity index (χ0v) is 21.7. The number of hydrogen-bond donors (Lipinski definition) is 2. The van der Waals surface area contributed by atoms with Gasteiger partial charge in [0.1, 0.15) is 35.1 Å². The number of ether oxygens (including phenoxy) is 1. The Balaban J connectivity index is 1.35. The van der Waals surface area contributed by atoms with Gasteiger partial charge < -0.3 is 20.5 Å². The summed E-state index contributed by atoms with van der Waals surface area (Å²) in [5, 5.41) is 11.3. The first kappa shape index (κ1) is 26.3. The van der Waals surface area contributed by atoms with Crippen molar-refractivity contribution in [2.45, 2.75) is 43.5 Å². The molecule has 0 radical (unpaired) electrons. The molecule has 1 amide bonds. The molecule has 2 saturated heterocycles. The van der Waals surface area contributed by atoms with Gasteiger partial charge in [-0.15, -0.1) is 0 Å². The summed E-state index contributed by atoms with van der Waals surface area (Å²) in [4.78, 5) is 23.6. The number of anilines is 1. The van der Waals surface area contributed by atoms with Crippen LogP contribution in [0.15, 0.2) is 60.9 Å². The molecule has 11 heteroatoms. The Hall–Kier alpha value is -3.96. The first-order valence-corrected chi connectivity index (χ1v) is 13.0. The Morgan fingerprint density at radius 1 is 1.07 bits per heavy atom. The number of nitrogens with two attached hydrogens (primary N) is 1. The molecule has 6 rings (SSSR count). The van der Waals surface area contributed by atoms with E-state index in [-0.39, 0.29) is 30.0 Å². The molecule has 1 unspecified atom stereocenters. The molecule has 2 aromatic carbocycles. The average molecular weight is 552 g/mol. The highest BCUT2D eigenvalue weighted by atomic mass is 19.4. The molecule has 208 valence electrons. The van der Waals surface area contributed by atoms with Crippen LogP contribution < -0.4 is 5.73 Å². The number of rotatable bonds is 4. The molecule has 0 saturated carbocycles. The number of carbonyl (C=O) groups is 1. The third-order valence-electron chi connectivity index (χ3n) is 8.01. The molecule has 4 aromatic rings. The molecule has 2 fully saturated rings. The van der Waals surface area contributed by atoms with Crippen molar-refractivity contribution in [1.29, 1.82) is 0 Å². The van der Waals surface area contributed by atoms with Gasteiger partial charge in [0, 0.05) is 30.4 Å². The van der Waals surface area contributed by atoms with E-state index < -0.39 is 17.3 Å². The minimum absolute atomic E-state index is 0.0118. The van der Waals surface area contributed by atoms with Crippen LogP contribution in [-0.4, -0.2) is 56.1 Å². The fraction of sp³-hybridized carbons (Fsp3) is 0.345. The quantitative estimate of drug-likeness (QED) is 0.391. The van der Waals surface area contributed by atoms with E-state index in [2.05, 4.69) is 4.98 Å². The monoisotopic (exact) mass is 551 g/mol. The maximum atomic E-state index is 13.3. The first-order valence-electron chi connectivity index (χ1n) is 13.0. The van der Waals surface area contributed by atoms with Gasteiger partial charge in [-0.2, -0.15) is 13.2 Å². The summed E-state index contributed by atoms with van der Waals surface area (Å²) in [6.45, 7) is 2.63. The number of morpholine rings is 1. The smallest absolute Gasteiger partial charge is 0.382 e. The second-order valence-corrected chi connectivity index (χ2v) is 10.6. The van der Waals surface area contributed by atoms with E-state index >= 15 is 0 Å². The standard InChI is InChI=1S/C29H28F3N5O3/c1-28(39,20-3-2-4-21(13-20)29(30,31)32)19-8-5-17(6-9-19)24-25-26(33)34-11-12-36(25)27(35-24)18-7-10-22-15-40-16-23(38)37(22)14-18/h2-6,8-9,11-13,18,22,39H,7,10,14-16H2,1H3,(H2,33,34)/t18-,22+,28?/m0/s1. The van der Waals surface area contributed by atoms with Crippen LogP contribution in [0.1, 0.15) is 48.2 Å². The Morgan fingerprint density at radius 3 is 2.58 bits per heavy atom. The molecule has 8 nitrogen and oxygen atoms in total. The summed E-state index contributed by atoms with van der Waals surface area (Å²) in [5.41, 5.74) is 6.32. The number of alkyl halides is 3. The van der Waals surface area contributed by atoms with Gasteiger partial charge in [-0.25, -0.2) is 9.97 Å². The number of amides is 1. The van der Waals surface area contributed by atoms with E-state index in [9.17, 15) is 23.1 Å². The summed E-state index contributed by atoms with van der Waals surface area (Å²) in [5.74, 6) is 1.04. The van der Waals surface area contributed by atoms with Crippen molar-refractivity contribution in [3.8, 4) is 11.3 Å². The number of benzene rings is 2. The van der Waals surface area contributed by atoms with E-state index in [1.165, 1.54) is 19.1 Å². The average Bonchev–Trinajstić information content (AvgIpc) is 3.34. The van der Waals surface area contributed by atoms with Crippen molar-refractivity contribution in [2.75, 3.05) is 25.5 Å². The summed E-state index contributed by atoms with van der Waals surface area (Å²) in [7, 11) is 0. The van der Waals surface area contributed by atoms with Crippen LogP contribution in [0.5, 0.6) is 0 Å². The molecular weight excluding hydrogens is 523 g/mol. The Bertz CT molecular complexity index is 1580. The zero-order valence-electron chi connectivity index (χ0n) is 21.7. The maximum absolute atomic E-state index is 13.3. The van der Waals surface area contributed by atoms with Crippen molar-refractivity contribution in [3.63, 3.8) is 0 Å². The molecule has 2 aromatic heterocycles. The van der Waals surface area contributed by atoms with Gasteiger partial charge in [-0.1, -0.05) is 36.4 Å². The van der Waals surface area contributed by atoms with Gasteiger partial charge in [-0.05, 0) is 43.0 Å². The highest BCUT2D eigenvalue weighted by Gasteiger charge is 2.37. The molecule has 0 bridgehead atoms. The number of halogens is 3. The number of imidazole rings is 1. The van der Waals surface area contributed by atoms with Gasteiger partial charge >= 0.3 is 6.18 Å². The molecule has 0 aliphatic carbocycles. The summed E-state index contributed by atoms with van der Waals surface area (Å²) in [6, 6.07) is 11.6. The van der Waals surface area contributed by atoms with Crippen LogP contribution >= 0.6 is 0 Å². The Morgan fingerprint density at radius 2 is 1.82 bits per heavy atom. The number of hydrogen-bond acceptors (Lipinski definition) is 6. The van der Waals surface area contributed by atoms with Gasteiger partial charge in [0.25, 0.3) is 0 Å². The van der Waals surface area contributed by atoms with Crippen molar-refractivity contribution >= 4 is 17.2 Å². The second-order valence-electron chi connectivity index (χ2n) is 10.6. The lowest BCUT2D eigenvalue weighted by Crippen LogP contribution is -2.53. The molecule has 0 spiro atoms. The number of nitrogens with zero attached hydrogens (tertiary/aromatic N) is 4. The Kier molecular flexibility index (Phi) is 6.30. The largest absolute Gasteiger partial charge is 0.416 e. The van der Waals surface area contributed by atoms with Crippen LogP contribution in [0.4, 0.5) is 19.0 Å². The lowest BCUT2D eigenvalue weighted by Gasteiger charge is -2.41. The van der Waals surface area contributed by atoms with Crippen LogP contribution in [0.3, 0.4) is 0 Å². The predicted molar refractivity (Wildman–Crippen MR) is 141 cm³/mol. The first-order chi connectivity index (χ1) is 19.0. The van der Waals surface area contributed by atoms with Gasteiger partial charge in [0.15, 0.2) is 0 Å². The molecule has 2 aliphatic rings. The predicted octanol–water partition coefficient (Wildman–Crippen LogP) is 4.36. The summed E-state index contributed by atoms with van der Waals surface area (Å²) >= 11 is 0. The molecule has 3 N–H and O–H groups in total. The van der Waals surface area contributed by atoms with Gasteiger partial charge in [0.05, 0.1) is 18.2 Å². The van der Waals surface area contributed by atoms with E-state index in [1.54, 1.807) is 36.7 Å². The van der Waals surface area contributed by atoms with Crippen molar-refractivity contribution in [1.82, 2.24) is 19.3 Å². The summed E-state index contributed by atoms with van der Waals surface area (Å²) in [6.07, 6.45) is 0.533. The fourth-order valence-corrected chi connectivity index (χ4v) is 5.78. The zero-order chi connectivity index (χ0) is 28.2. The topological polar surface area (TPSA) is 106 Å². The van der Waals surface area contributed by atoms with Crippen molar-refractivity contribution < 1.29 is 27.8 Å². The molecular formula is C29H28F3N5O3. The number of fused-ring (bicyclic) bond motifs is 2. The van der Waals surface area contributed by atoms with Crippen molar-refractivity contribution in [2.24, 2.45) is 0 Å². The lowest BCUT2D eigenvalue weighted by molar-refractivity contribution is -0.151. The maximum Gasteiger partial charge on any atom is 0.416 e. The Labute approximate surface area is 228 Å². The minimum Gasteiger partial charge on any atom is -0.382 e. The van der Waals surface area contributed by atoms with E-state index in [0.717, 1.165) is 30.8 Å². The highest BCUT2D eigenvalue weighted by molar-refractivity contribution is 5.85. The van der Waals surface area contributed by atoms with Crippen molar-refractivity contribution in [3.05, 3.63) is 83.4 Å². The van der Waals surface area contributed by atoms with E-state index in [0.29, 0.717) is 41.3 Å².